The van der Waals surface area contributed by atoms with Crippen molar-refractivity contribution in [3.63, 3.8) is 0 Å². The molecule has 0 N–H and O–H groups in total. The Kier molecular flexibility index (Phi) is 8.00. The normalized spacial score (nSPS) is 14.4. The minimum absolute atomic E-state index is 0.344. The van der Waals surface area contributed by atoms with Crippen molar-refractivity contribution in [3.8, 4) is 67.3 Å². The van der Waals surface area contributed by atoms with E-state index in [1.807, 2.05) is 42.5 Å². The molecule has 13 rings (SSSR count). The van der Waals surface area contributed by atoms with Crippen LogP contribution in [0.15, 0.2) is 221 Å². The minimum atomic E-state index is -0.344. The molecule has 0 fully saturated rings. The van der Waals surface area contributed by atoms with Gasteiger partial charge in [-0.15, -0.1) is 0 Å². The number of fused-ring (bicyclic) bond motifs is 9. The summed E-state index contributed by atoms with van der Waals surface area (Å²) in [6, 6.07) is 75.2. The van der Waals surface area contributed by atoms with Crippen molar-refractivity contribution in [2.45, 2.75) is 12.3 Å². The van der Waals surface area contributed by atoms with E-state index < -0.39 is 0 Å². The zero-order valence-corrected chi connectivity index (χ0v) is 34.9. The van der Waals surface area contributed by atoms with Crippen molar-refractivity contribution < 1.29 is 8.83 Å². The van der Waals surface area contributed by atoms with Gasteiger partial charge in [-0.3, -0.25) is 0 Å². The lowest BCUT2D eigenvalue weighted by Crippen LogP contribution is -2.22. The number of benzene rings is 9. The fourth-order valence-electron chi connectivity index (χ4n) is 10.2. The van der Waals surface area contributed by atoms with Crippen LogP contribution in [0.5, 0.6) is 0 Å². The van der Waals surface area contributed by atoms with Gasteiger partial charge in [0.25, 0.3) is 0 Å². The van der Waals surface area contributed by atoms with Crippen LogP contribution in [0.25, 0.3) is 111 Å². The van der Waals surface area contributed by atoms with Gasteiger partial charge in [0.15, 0.2) is 5.82 Å². The minimum Gasteiger partial charge on any atom is -0.456 e. The molecule has 1 atom stereocenters. The first-order chi connectivity index (χ1) is 31.6. The number of aromatic nitrogens is 2. The first kappa shape index (κ1) is 36.3. The summed E-state index contributed by atoms with van der Waals surface area (Å²) in [6.07, 6.45) is 0. The average molecular weight is 819 g/mol. The molecule has 4 heteroatoms. The van der Waals surface area contributed by atoms with Gasteiger partial charge in [0.1, 0.15) is 22.3 Å². The Hall–Kier alpha value is -8.34. The van der Waals surface area contributed by atoms with Gasteiger partial charge in [0.05, 0.1) is 11.4 Å². The van der Waals surface area contributed by atoms with Crippen molar-refractivity contribution in [1.82, 2.24) is 9.97 Å². The second-order valence-electron chi connectivity index (χ2n) is 17.0. The molecular weight excluding hydrogens is 781 g/mol. The maximum absolute atomic E-state index is 6.65. The van der Waals surface area contributed by atoms with E-state index in [0.717, 1.165) is 94.2 Å². The first-order valence-corrected chi connectivity index (χ1v) is 21.8. The van der Waals surface area contributed by atoms with Crippen LogP contribution in [-0.4, -0.2) is 9.97 Å². The van der Waals surface area contributed by atoms with Gasteiger partial charge in [-0.25, -0.2) is 9.97 Å². The van der Waals surface area contributed by atoms with Crippen LogP contribution in [-0.2, 0) is 5.41 Å². The fraction of sp³-hybridized carbons (Fsp3) is 0.0333. The molecule has 3 heterocycles. The van der Waals surface area contributed by atoms with E-state index in [1.165, 1.54) is 27.8 Å². The summed E-state index contributed by atoms with van der Waals surface area (Å²) in [6.45, 7) is 2.36. The molecule has 0 amide bonds. The van der Waals surface area contributed by atoms with Gasteiger partial charge in [-0.2, -0.15) is 0 Å². The Morgan fingerprint density at radius 3 is 1.77 bits per heavy atom. The van der Waals surface area contributed by atoms with Crippen molar-refractivity contribution in [1.29, 1.82) is 0 Å². The Morgan fingerprint density at radius 1 is 0.344 bits per heavy atom. The highest BCUT2D eigenvalue weighted by molar-refractivity contribution is 6.10. The van der Waals surface area contributed by atoms with E-state index >= 15 is 0 Å². The number of hydrogen-bond acceptors (Lipinski definition) is 4. The summed E-state index contributed by atoms with van der Waals surface area (Å²) in [5.74, 6) is 0.667. The smallest absolute Gasteiger partial charge is 0.160 e. The third kappa shape index (κ3) is 5.62. The highest BCUT2D eigenvalue weighted by Crippen LogP contribution is 2.53. The van der Waals surface area contributed by atoms with E-state index in [-0.39, 0.29) is 5.41 Å². The summed E-state index contributed by atoms with van der Waals surface area (Å²) in [4.78, 5) is 10.7. The molecule has 1 aliphatic rings. The summed E-state index contributed by atoms with van der Waals surface area (Å²) < 4.78 is 12.9. The number of rotatable bonds is 6. The zero-order valence-electron chi connectivity index (χ0n) is 34.9. The predicted molar refractivity (Wildman–Crippen MR) is 261 cm³/mol. The van der Waals surface area contributed by atoms with Gasteiger partial charge in [0, 0.05) is 49.2 Å². The largest absolute Gasteiger partial charge is 0.456 e. The van der Waals surface area contributed by atoms with Crippen LogP contribution >= 0.6 is 0 Å². The van der Waals surface area contributed by atoms with Gasteiger partial charge >= 0.3 is 0 Å². The Labute approximate surface area is 369 Å². The summed E-state index contributed by atoms with van der Waals surface area (Å²) >= 11 is 0. The zero-order chi connectivity index (χ0) is 42.4. The molecular formula is C60H38N2O2. The van der Waals surface area contributed by atoms with Gasteiger partial charge < -0.3 is 8.83 Å². The standard InChI is InChI=1S/C60H38N2O2/c1-60(43-17-6-3-7-18-43)51-24-11-8-19-45(51)46-29-27-39(35-52(46)60)53-36-54(62-59(61-53)37-15-4-2-5-16-37)42-32-40(38-28-30-57-50(34-38)48-21-10-12-25-55(48)63-57)31-41(33-42)44-22-14-23-49-47-20-9-13-26-56(47)64-58(44)49/h2-36H,1H3. The molecule has 64 heavy (non-hydrogen) atoms. The van der Waals surface area contributed by atoms with Crippen LogP contribution in [0.1, 0.15) is 23.6 Å². The van der Waals surface area contributed by atoms with Crippen LogP contribution in [0, 0.1) is 0 Å². The number of furan rings is 2. The van der Waals surface area contributed by atoms with E-state index in [1.54, 1.807) is 0 Å². The Bertz CT molecular complexity index is 3810. The first-order valence-electron chi connectivity index (χ1n) is 21.8. The molecule has 1 unspecified atom stereocenters. The molecule has 0 bridgehead atoms. The maximum Gasteiger partial charge on any atom is 0.160 e. The number of para-hydroxylation sites is 3. The number of hydrogen-bond donors (Lipinski definition) is 0. The number of nitrogens with zero attached hydrogens (tertiary/aromatic N) is 2. The molecule has 12 aromatic rings. The Balaban J connectivity index is 1.04. The van der Waals surface area contributed by atoms with Crippen molar-refractivity contribution in [2.75, 3.05) is 0 Å². The van der Waals surface area contributed by atoms with Crippen molar-refractivity contribution in [2.24, 2.45) is 0 Å². The second-order valence-corrected chi connectivity index (χ2v) is 17.0. The molecule has 0 radical (unpaired) electrons. The van der Waals surface area contributed by atoms with Crippen molar-refractivity contribution in [3.05, 3.63) is 229 Å². The summed E-state index contributed by atoms with van der Waals surface area (Å²) in [5, 5.41) is 4.36. The second kappa shape index (κ2) is 14.1. The molecule has 1 aliphatic carbocycles. The summed E-state index contributed by atoms with van der Waals surface area (Å²) in [5.41, 5.74) is 18.3. The lowest BCUT2D eigenvalue weighted by Gasteiger charge is -2.28. The molecule has 9 aromatic carbocycles. The third-order valence-electron chi connectivity index (χ3n) is 13.4. The van der Waals surface area contributed by atoms with Crippen LogP contribution in [0.3, 0.4) is 0 Å². The SMILES string of the molecule is CC1(c2ccccc2)c2ccccc2-c2ccc(-c3cc(-c4cc(-c5ccc6oc7ccccc7c6c5)cc(-c5cccc6c5oc5ccccc56)c4)nc(-c4ccccc4)n3)cc21. The third-order valence-corrected chi connectivity index (χ3v) is 13.4. The molecule has 4 nitrogen and oxygen atoms in total. The van der Waals surface area contributed by atoms with Gasteiger partial charge in [-0.05, 0) is 106 Å². The van der Waals surface area contributed by atoms with Crippen LogP contribution in [0.2, 0.25) is 0 Å². The lowest BCUT2D eigenvalue weighted by molar-refractivity contribution is 0.669. The van der Waals surface area contributed by atoms with E-state index in [0.29, 0.717) is 5.82 Å². The molecule has 0 spiro atoms. The van der Waals surface area contributed by atoms with Crippen LogP contribution in [0.4, 0.5) is 0 Å². The summed E-state index contributed by atoms with van der Waals surface area (Å²) in [7, 11) is 0. The van der Waals surface area contributed by atoms with E-state index in [9.17, 15) is 0 Å². The molecule has 3 aromatic heterocycles. The van der Waals surface area contributed by atoms with Crippen molar-refractivity contribution >= 4 is 43.9 Å². The monoisotopic (exact) mass is 818 g/mol. The van der Waals surface area contributed by atoms with E-state index in [2.05, 4.69) is 177 Å². The lowest BCUT2D eigenvalue weighted by atomic mass is 9.74. The van der Waals surface area contributed by atoms with Crippen LogP contribution < -0.4 is 0 Å². The highest BCUT2D eigenvalue weighted by atomic mass is 16.3. The van der Waals surface area contributed by atoms with Gasteiger partial charge in [-0.1, -0.05) is 158 Å². The Morgan fingerprint density at radius 2 is 0.938 bits per heavy atom. The quantitative estimate of drug-likeness (QED) is 0.168. The topological polar surface area (TPSA) is 52.1 Å². The molecule has 300 valence electrons. The molecule has 0 saturated carbocycles. The average Bonchev–Trinajstić information content (AvgIpc) is 4.02. The molecule has 0 saturated heterocycles. The van der Waals surface area contributed by atoms with Gasteiger partial charge in [0.2, 0.25) is 0 Å². The maximum atomic E-state index is 6.65. The highest BCUT2D eigenvalue weighted by Gasteiger charge is 2.40. The van der Waals surface area contributed by atoms with E-state index in [4.69, 9.17) is 18.8 Å². The fourth-order valence-corrected chi connectivity index (χ4v) is 10.2. The predicted octanol–water partition coefficient (Wildman–Crippen LogP) is 15.9. The molecule has 0 aliphatic heterocycles.